The number of nitrogens with zero attached hydrogens (tertiary/aromatic N) is 3. The van der Waals surface area contributed by atoms with Crippen LogP contribution >= 0.6 is 23.4 Å². The topological polar surface area (TPSA) is 76.7 Å². The van der Waals surface area contributed by atoms with Crippen LogP contribution in [0, 0.1) is 6.92 Å². The zero-order valence-corrected chi connectivity index (χ0v) is 20.2. The lowest BCUT2D eigenvalue weighted by molar-refractivity contribution is 0.559. The van der Waals surface area contributed by atoms with Crippen molar-refractivity contribution in [3.05, 3.63) is 106 Å². The number of hydrogen-bond acceptors (Lipinski definition) is 5. The fraction of sp³-hybridized carbons (Fsp3) is 0.0741. The van der Waals surface area contributed by atoms with Gasteiger partial charge in [-0.1, -0.05) is 53.7 Å². The second-order valence-corrected chi connectivity index (χ2v) is 9.62. The Morgan fingerprint density at radius 1 is 1.00 bits per heavy atom. The first-order valence-electron chi connectivity index (χ1n) is 11.0. The highest BCUT2D eigenvalue weighted by Gasteiger charge is 2.19. The molecule has 1 N–H and O–H groups in total. The number of H-pyrrole nitrogens is 1. The van der Waals surface area contributed by atoms with Crippen LogP contribution in [0.1, 0.15) is 11.1 Å². The van der Waals surface area contributed by atoms with Gasteiger partial charge in [0.25, 0.3) is 0 Å². The highest BCUT2D eigenvalue weighted by Crippen LogP contribution is 2.34. The van der Waals surface area contributed by atoms with Crippen LogP contribution in [0.2, 0.25) is 5.02 Å². The molecular formula is C27H19ClN4O2S. The number of rotatable bonds is 5. The summed E-state index contributed by atoms with van der Waals surface area (Å²) in [5, 5.41) is 12.4. The Morgan fingerprint density at radius 3 is 2.69 bits per heavy atom. The van der Waals surface area contributed by atoms with Crippen molar-refractivity contribution in [3.8, 4) is 17.1 Å². The molecule has 0 bridgehead atoms. The fourth-order valence-electron chi connectivity index (χ4n) is 4.22. The van der Waals surface area contributed by atoms with Gasteiger partial charge in [-0.15, -0.1) is 10.2 Å². The summed E-state index contributed by atoms with van der Waals surface area (Å²) in [6.45, 7) is 1.97. The van der Waals surface area contributed by atoms with Crippen LogP contribution in [-0.2, 0) is 5.75 Å². The number of fused-ring (bicyclic) bond motifs is 2. The SMILES string of the molecule is Cc1ccc2c(CSc3nnc(-c4c[nH]c5ccccc45)n3-c3ccc(Cl)cc3)cc(=O)oc2c1. The molecule has 0 saturated carbocycles. The normalized spacial score (nSPS) is 11.5. The van der Waals surface area contributed by atoms with Crippen molar-refractivity contribution >= 4 is 45.2 Å². The molecule has 3 heterocycles. The molecule has 3 aromatic carbocycles. The molecule has 0 saturated heterocycles. The fourth-order valence-corrected chi connectivity index (χ4v) is 5.29. The van der Waals surface area contributed by atoms with E-state index in [4.69, 9.17) is 16.0 Å². The predicted octanol–water partition coefficient (Wildman–Crippen LogP) is 6.78. The van der Waals surface area contributed by atoms with Crippen LogP contribution in [0.5, 0.6) is 0 Å². The molecule has 6 aromatic rings. The molecule has 0 unspecified atom stereocenters. The van der Waals surface area contributed by atoms with Crippen LogP contribution in [0.4, 0.5) is 0 Å². The summed E-state index contributed by atoms with van der Waals surface area (Å²) >= 11 is 7.68. The zero-order valence-electron chi connectivity index (χ0n) is 18.7. The molecule has 172 valence electrons. The third kappa shape index (κ3) is 4.03. The van der Waals surface area contributed by atoms with Crippen LogP contribution in [0.25, 0.3) is 38.9 Å². The molecule has 0 amide bonds. The summed E-state index contributed by atoms with van der Waals surface area (Å²) in [5.74, 6) is 1.26. The molecule has 0 spiro atoms. The number of thioether (sulfide) groups is 1. The Hall–Kier alpha value is -3.81. The Morgan fingerprint density at radius 2 is 1.83 bits per heavy atom. The number of halogens is 1. The maximum absolute atomic E-state index is 12.2. The van der Waals surface area contributed by atoms with Crippen molar-refractivity contribution < 1.29 is 4.42 Å². The molecule has 8 heteroatoms. The van der Waals surface area contributed by atoms with Gasteiger partial charge in [0.15, 0.2) is 11.0 Å². The highest BCUT2D eigenvalue weighted by atomic mass is 35.5. The lowest BCUT2D eigenvalue weighted by Gasteiger charge is -2.11. The van der Waals surface area contributed by atoms with Gasteiger partial charge in [-0.2, -0.15) is 0 Å². The first-order valence-corrected chi connectivity index (χ1v) is 12.4. The van der Waals surface area contributed by atoms with E-state index in [0.717, 1.165) is 44.5 Å². The smallest absolute Gasteiger partial charge is 0.336 e. The maximum atomic E-state index is 12.2. The standard InChI is InChI=1S/C27H19ClN4O2S/c1-16-6-11-20-17(13-25(33)34-24(20)12-16)15-35-27-31-30-26(32(27)19-9-7-18(28)8-10-19)22-14-29-23-5-3-2-4-21(22)23/h2-14,29H,15H2,1H3. The summed E-state index contributed by atoms with van der Waals surface area (Å²) in [4.78, 5) is 15.5. The third-order valence-electron chi connectivity index (χ3n) is 5.89. The van der Waals surface area contributed by atoms with Gasteiger partial charge >= 0.3 is 5.63 Å². The minimum atomic E-state index is -0.364. The van der Waals surface area contributed by atoms with Gasteiger partial charge in [0.2, 0.25) is 0 Å². The van der Waals surface area contributed by atoms with Gasteiger partial charge in [0, 0.05) is 50.6 Å². The van der Waals surface area contributed by atoms with E-state index < -0.39 is 0 Å². The van der Waals surface area contributed by atoms with E-state index in [0.29, 0.717) is 21.5 Å². The van der Waals surface area contributed by atoms with Gasteiger partial charge < -0.3 is 9.40 Å². The van der Waals surface area contributed by atoms with Gasteiger partial charge in [-0.05, 0) is 54.4 Å². The molecular weight excluding hydrogens is 480 g/mol. The summed E-state index contributed by atoms with van der Waals surface area (Å²) in [6.07, 6.45) is 1.95. The summed E-state index contributed by atoms with van der Waals surface area (Å²) in [7, 11) is 0. The van der Waals surface area contributed by atoms with Crippen molar-refractivity contribution in [2.24, 2.45) is 0 Å². The van der Waals surface area contributed by atoms with E-state index in [9.17, 15) is 4.79 Å². The third-order valence-corrected chi connectivity index (χ3v) is 7.12. The second-order valence-electron chi connectivity index (χ2n) is 8.24. The molecule has 0 fully saturated rings. The van der Waals surface area contributed by atoms with Crippen LogP contribution in [0.3, 0.4) is 0 Å². The maximum Gasteiger partial charge on any atom is 0.336 e. The van der Waals surface area contributed by atoms with E-state index >= 15 is 0 Å². The molecule has 0 aliphatic heterocycles. The summed E-state index contributed by atoms with van der Waals surface area (Å²) < 4.78 is 7.44. The predicted molar refractivity (Wildman–Crippen MR) is 140 cm³/mol. The molecule has 0 atom stereocenters. The lowest BCUT2D eigenvalue weighted by atomic mass is 10.1. The van der Waals surface area contributed by atoms with Crippen molar-refractivity contribution in [2.45, 2.75) is 17.8 Å². The van der Waals surface area contributed by atoms with E-state index in [1.54, 1.807) is 6.07 Å². The number of para-hydroxylation sites is 1. The Bertz CT molecular complexity index is 1750. The molecule has 6 nitrogen and oxygen atoms in total. The number of aromatic nitrogens is 4. The van der Waals surface area contributed by atoms with Gasteiger partial charge in [-0.3, -0.25) is 4.57 Å². The van der Waals surface area contributed by atoms with Crippen molar-refractivity contribution in [1.82, 2.24) is 19.7 Å². The van der Waals surface area contributed by atoms with E-state index in [2.05, 4.69) is 21.2 Å². The van der Waals surface area contributed by atoms with E-state index in [1.165, 1.54) is 11.8 Å². The van der Waals surface area contributed by atoms with E-state index in [1.807, 2.05) is 78.4 Å². The first-order chi connectivity index (χ1) is 17.1. The van der Waals surface area contributed by atoms with Crippen molar-refractivity contribution in [3.63, 3.8) is 0 Å². The number of aromatic amines is 1. The Kier molecular flexibility index (Phi) is 5.43. The molecule has 0 radical (unpaired) electrons. The first kappa shape index (κ1) is 21.7. The zero-order chi connectivity index (χ0) is 23.9. The van der Waals surface area contributed by atoms with Crippen LogP contribution in [-0.4, -0.2) is 19.7 Å². The molecule has 0 aliphatic carbocycles. The number of benzene rings is 3. The highest BCUT2D eigenvalue weighted by molar-refractivity contribution is 7.98. The lowest BCUT2D eigenvalue weighted by Crippen LogP contribution is -2.02. The number of hydrogen-bond donors (Lipinski definition) is 1. The number of aryl methyl sites for hydroxylation is 1. The minimum absolute atomic E-state index is 0.364. The summed E-state index contributed by atoms with van der Waals surface area (Å²) in [6, 6.07) is 23.1. The monoisotopic (exact) mass is 498 g/mol. The van der Waals surface area contributed by atoms with Crippen molar-refractivity contribution in [1.29, 1.82) is 0 Å². The second kappa shape index (κ2) is 8.76. The van der Waals surface area contributed by atoms with E-state index in [-0.39, 0.29) is 5.63 Å². The average Bonchev–Trinajstić information content (AvgIpc) is 3.46. The minimum Gasteiger partial charge on any atom is -0.423 e. The van der Waals surface area contributed by atoms with Crippen molar-refractivity contribution in [2.75, 3.05) is 0 Å². The molecule has 3 aromatic heterocycles. The largest absolute Gasteiger partial charge is 0.423 e. The van der Waals surface area contributed by atoms with Gasteiger partial charge in [0.1, 0.15) is 5.58 Å². The number of nitrogens with one attached hydrogen (secondary N) is 1. The molecule has 0 aliphatic rings. The van der Waals surface area contributed by atoms with Crippen LogP contribution in [0.15, 0.2) is 93.4 Å². The molecule has 6 rings (SSSR count). The van der Waals surface area contributed by atoms with Gasteiger partial charge in [-0.25, -0.2) is 4.79 Å². The Balaban J connectivity index is 1.45. The molecule has 35 heavy (non-hydrogen) atoms. The Labute approximate surface area is 209 Å². The van der Waals surface area contributed by atoms with Gasteiger partial charge in [0.05, 0.1) is 0 Å². The average molecular weight is 499 g/mol. The summed E-state index contributed by atoms with van der Waals surface area (Å²) in [5.41, 5.74) is 5.03. The van der Waals surface area contributed by atoms with Crippen LogP contribution < -0.4 is 5.63 Å². The quantitative estimate of drug-likeness (QED) is 0.209.